The molecule has 5 nitrogen and oxygen atoms in total. The normalized spacial score (nSPS) is 10.3. The summed E-state index contributed by atoms with van der Waals surface area (Å²) < 4.78 is 0. The summed E-state index contributed by atoms with van der Waals surface area (Å²) in [6.45, 7) is 4.57. The molecule has 0 aliphatic heterocycles. The van der Waals surface area contributed by atoms with Gasteiger partial charge < -0.3 is 16.0 Å². The van der Waals surface area contributed by atoms with E-state index in [-0.39, 0.29) is 11.9 Å². The number of carbonyl (C=O) groups is 2. The highest BCUT2D eigenvalue weighted by molar-refractivity contribution is 5.94. The number of urea groups is 1. The minimum Gasteiger partial charge on any atom is -0.355 e. The Balaban J connectivity index is 1.93. The Bertz CT molecular complexity index is 709. The van der Waals surface area contributed by atoms with Crippen LogP contribution in [0.3, 0.4) is 0 Å². The highest BCUT2D eigenvalue weighted by Gasteiger charge is 2.09. The second-order valence-electron chi connectivity index (χ2n) is 5.83. The fourth-order valence-electron chi connectivity index (χ4n) is 2.38. The fraction of sp³-hybridized carbons (Fsp3) is 0.263. The van der Waals surface area contributed by atoms with Gasteiger partial charge in [-0.3, -0.25) is 4.79 Å². The molecule has 0 radical (unpaired) electrons. The van der Waals surface area contributed by atoms with Gasteiger partial charge in [0.05, 0.1) is 0 Å². The number of rotatable bonds is 5. The van der Waals surface area contributed by atoms with Crippen molar-refractivity contribution in [3.63, 3.8) is 0 Å². The summed E-state index contributed by atoms with van der Waals surface area (Å²) in [5.41, 5.74) is 3.44. The molecule has 5 heteroatoms. The van der Waals surface area contributed by atoms with Crippen molar-refractivity contribution in [3.8, 4) is 0 Å². The molecular weight excluding hydrogens is 302 g/mol. The van der Waals surface area contributed by atoms with Crippen molar-refractivity contribution in [2.45, 2.75) is 26.3 Å². The molecule has 0 fully saturated rings. The van der Waals surface area contributed by atoms with E-state index in [1.54, 1.807) is 19.2 Å². The van der Waals surface area contributed by atoms with E-state index in [1.165, 1.54) is 0 Å². The van der Waals surface area contributed by atoms with E-state index in [0.717, 1.165) is 16.8 Å². The predicted molar refractivity (Wildman–Crippen MR) is 96.2 cm³/mol. The first-order valence-corrected chi connectivity index (χ1v) is 7.96. The number of nitrogens with one attached hydrogen (secondary N) is 3. The molecular formula is C19H23N3O2. The average Bonchev–Trinajstić information content (AvgIpc) is 2.60. The van der Waals surface area contributed by atoms with Gasteiger partial charge in [0.2, 0.25) is 0 Å². The van der Waals surface area contributed by atoms with Crippen molar-refractivity contribution in [3.05, 3.63) is 65.2 Å². The Kier molecular flexibility index (Phi) is 5.95. The molecule has 0 aromatic heterocycles. The standard InChI is InChI=1S/C19H23N3O2/c1-13(2)16-6-4-5-7-17(16)22-19(24)21-12-14-8-10-15(11-9-14)18(23)20-3/h4-11,13H,12H2,1-3H3,(H,20,23)(H2,21,22,24). The second kappa shape index (κ2) is 8.15. The lowest BCUT2D eigenvalue weighted by Crippen LogP contribution is -2.28. The summed E-state index contributed by atoms with van der Waals surface area (Å²) >= 11 is 0. The van der Waals surface area contributed by atoms with Gasteiger partial charge in [-0.05, 0) is 35.2 Å². The first kappa shape index (κ1) is 17.5. The molecule has 0 unspecified atom stereocenters. The van der Waals surface area contributed by atoms with Gasteiger partial charge in [-0.1, -0.05) is 44.2 Å². The molecule has 3 amide bonds. The maximum absolute atomic E-state index is 12.1. The summed E-state index contributed by atoms with van der Waals surface area (Å²) in [5.74, 6) is 0.205. The number of anilines is 1. The molecule has 0 aliphatic rings. The zero-order valence-corrected chi connectivity index (χ0v) is 14.2. The van der Waals surface area contributed by atoms with E-state index in [9.17, 15) is 9.59 Å². The summed E-state index contributed by atoms with van der Waals surface area (Å²) in [6, 6.07) is 14.7. The maximum atomic E-state index is 12.1. The molecule has 0 saturated heterocycles. The first-order chi connectivity index (χ1) is 11.5. The third kappa shape index (κ3) is 4.59. The van der Waals surface area contributed by atoms with Crippen LogP contribution in [-0.2, 0) is 6.54 Å². The van der Waals surface area contributed by atoms with Crippen molar-refractivity contribution >= 4 is 17.6 Å². The van der Waals surface area contributed by atoms with E-state index in [4.69, 9.17) is 0 Å². The molecule has 2 aromatic rings. The van der Waals surface area contributed by atoms with E-state index < -0.39 is 0 Å². The SMILES string of the molecule is CNC(=O)c1ccc(CNC(=O)Nc2ccccc2C(C)C)cc1. The van der Waals surface area contributed by atoms with Gasteiger partial charge in [0, 0.05) is 24.8 Å². The lowest BCUT2D eigenvalue weighted by Gasteiger charge is -2.14. The Labute approximate surface area is 142 Å². The van der Waals surface area contributed by atoms with Gasteiger partial charge in [0.25, 0.3) is 5.91 Å². The Morgan fingerprint density at radius 1 is 1.00 bits per heavy atom. The number of carbonyl (C=O) groups excluding carboxylic acids is 2. The number of amides is 3. The number of hydrogen-bond acceptors (Lipinski definition) is 2. The largest absolute Gasteiger partial charge is 0.355 e. The summed E-state index contributed by atoms with van der Waals surface area (Å²) in [5, 5.41) is 8.29. The van der Waals surface area contributed by atoms with E-state index in [2.05, 4.69) is 29.8 Å². The molecule has 0 saturated carbocycles. The average molecular weight is 325 g/mol. The van der Waals surface area contributed by atoms with Crippen LogP contribution < -0.4 is 16.0 Å². The molecule has 24 heavy (non-hydrogen) atoms. The van der Waals surface area contributed by atoms with E-state index in [0.29, 0.717) is 18.0 Å². The molecule has 3 N–H and O–H groups in total. The topological polar surface area (TPSA) is 70.2 Å². The second-order valence-corrected chi connectivity index (χ2v) is 5.83. The number of benzene rings is 2. The molecule has 0 bridgehead atoms. The van der Waals surface area contributed by atoms with Gasteiger partial charge in [-0.25, -0.2) is 4.79 Å². The third-order valence-corrected chi connectivity index (χ3v) is 3.73. The van der Waals surface area contributed by atoms with Gasteiger partial charge in [-0.2, -0.15) is 0 Å². The predicted octanol–water partition coefficient (Wildman–Crippen LogP) is 3.49. The van der Waals surface area contributed by atoms with E-state index in [1.807, 2.05) is 36.4 Å². The van der Waals surface area contributed by atoms with Crippen molar-refractivity contribution in [2.24, 2.45) is 0 Å². The quantitative estimate of drug-likeness (QED) is 0.787. The highest BCUT2D eigenvalue weighted by Crippen LogP contribution is 2.23. The minimum atomic E-state index is -0.251. The van der Waals surface area contributed by atoms with Crippen LogP contribution in [0.5, 0.6) is 0 Å². The zero-order valence-electron chi connectivity index (χ0n) is 14.2. The van der Waals surface area contributed by atoms with Crippen LogP contribution in [0.2, 0.25) is 0 Å². The molecule has 0 atom stereocenters. The summed E-state index contributed by atoms with van der Waals surface area (Å²) in [4.78, 5) is 23.6. The Morgan fingerprint density at radius 2 is 1.67 bits per heavy atom. The van der Waals surface area contributed by atoms with Crippen molar-refractivity contribution in [2.75, 3.05) is 12.4 Å². The molecule has 2 rings (SSSR count). The first-order valence-electron chi connectivity index (χ1n) is 7.96. The van der Waals surface area contributed by atoms with Gasteiger partial charge in [0.15, 0.2) is 0 Å². The van der Waals surface area contributed by atoms with Gasteiger partial charge in [-0.15, -0.1) is 0 Å². The van der Waals surface area contributed by atoms with Crippen LogP contribution in [0, 0.1) is 0 Å². The molecule has 0 spiro atoms. The number of hydrogen-bond donors (Lipinski definition) is 3. The van der Waals surface area contributed by atoms with Crippen LogP contribution in [-0.4, -0.2) is 19.0 Å². The van der Waals surface area contributed by atoms with Gasteiger partial charge in [0.1, 0.15) is 0 Å². The summed E-state index contributed by atoms with van der Waals surface area (Å²) in [7, 11) is 1.59. The molecule has 126 valence electrons. The van der Waals surface area contributed by atoms with Crippen LogP contribution >= 0.6 is 0 Å². The zero-order chi connectivity index (χ0) is 17.5. The van der Waals surface area contributed by atoms with Crippen molar-refractivity contribution in [1.82, 2.24) is 10.6 Å². The van der Waals surface area contributed by atoms with Crippen molar-refractivity contribution < 1.29 is 9.59 Å². The molecule has 0 aliphatic carbocycles. The molecule has 0 heterocycles. The van der Waals surface area contributed by atoms with Crippen LogP contribution in [0.1, 0.15) is 41.3 Å². The van der Waals surface area contributed by atoms with Crippen molar-refractivity contribution in [1.29, 1.82) is 0 Å². The monoisotopic (exact) mass is 325 g/mol. The Morgan fingerprint density at radius 3 is 2.29 bits per heavy atom. The lowest BCUT2D eigenvalue weighted by molar-refractivity contribution is 0.0963. The lowest BCUT2D eigenvalue weighted by atomic mass is 10.0. The number of para-hydroxylation sites is 1. The van der Waals surface area contributed by atoms with E-state index >= 15 is 0 Å². The smallest absolute Gasteiger partial charge is 0.319 e. The molecule has 2 aromatic carbocycles. The fourth-order valence-corrected chi connectivity index (χ4v) is 2.38. The van der Waals surface area contributed by atoms with Crippen LogP contribution in [0.25, 0.3) is 0 Å². The van der Waals surface area contributed by atoms with Crippen LogP contribution in [0.15, 0.2) is 48.5 Å². The van der Waals surface area contributed by atoms with Crippen LogP contribution in [0.4, 0.5) is 10.5 Å². The maximum Gasteiger partial charge on any atom is 0.319 e. The summed E-state index contributed by atoms with van der Waals surface area (Å²) in [6.07, 6.45) is 0. The highest BCUT2D eigenvalue weighted by atomic mass is 16.2. The Hall–Kier alpha value is -2.82. The van der Waals surface area contributed by atoms with Gasteiger partial charge >= 0.3 is 6.03 Å². The third-order valence-electron chi connectivity index (χ3n) is 3.73. The minimum absolute atomic E-state index is 0.127.